The van der Waals surface area contributed by atoms with Gasteiger partial charge in [0.25, 0.3) is 0 Å². The molecule has 0 bridgehead atoms. The van der Waals surface area contributed by atoms with Crippen molar-refractivity contribution in [3.8, 4) is 11.4 Å². The maximum absolute atomic E-state index is 13.0. The largest absolute Gasteiger partial charge is 0.494 e. The third-order valence-electron chi connectivity index (χ3n) is 6.95. The number of benzene rings is 2. The van der Waals surface area contributed by atoms with E-state index in [0.29, 0.717) is 24.7 Å². The van der Waals surface area contributed by atoms with Crippen LogP contribution in [0.15, 0.2) is 85.2 Å². The van der Waals surface area contributed by atoms with E-state index in [0.717, 1.165) is 39.6 Å². The van der Waals surface area contributed by atoms with Crippen LogP contribution in [0.5, 0.6) is 5.75 Å². The number of hydrogen-bond acceptors (Lipinski definition) is 4. The molecule has 5 rings (SSSR count). The standard InChI is InChI=1S/C31H33N5O2S/c1-4-38-24-14-12-23(13-15-24)35-18-7-9-27(35)30-29(25-8-5-6-17-32-25)34-31(39)36(30)19-16-28(37)33-26-20-21(2)10-11-22(26)3/h5-15,17-18,20,29-30H,4,16,19H2,1-3H3,(H,33,37)(H,34,39)/t29-,30+/m0/s1. The van der Waals surface area contributed by atoms with Crippen molar-refractivity contribution in [2.24, 2.45) is 0 Å². The van der Waals surface area contributed by atoms with Gasteiger partial charge >= 0.3 is 0 Å². The average Bonchev–Trinajstić information content (AvgIpc) is 3.55. The van der Waals surface area contributed by atoms with Gasteiger partial charge < -0.3 is 24.8 Å². The summed E-state index contributed by atoms with van der Waals surface area (Å²) >= 11 is 5.82. The van der Waals surface area contributed by atoms with Crippen molar-refractivity contribution in [3.05, 3.63) is 108 Å². The molecule has 1 fully saturated rings. The minimum atomic E-state index is -0.169. The van der Waals surface area contributed by atoms with Gasteiger partial charge in [-0.1, -0.05) is 18.2 Å². The Balaban J connectivity index is 1.43. The van der Waals surface area contributed by atoms with Gasteiger partial charge in [0.05, 0.1) is 24.4 Å². The fraction of sp³-hybridized carbons (Fsp3) is 0.258. The SMILES string of the molecule is CCOc1ccc(-n2cccc2[C@@H]2[C@H](c3ccccn3)NC(=S)N2CCC(=O)Nc2cc(C)ccc2C)cc1. The van der Waals surface area contributed by atoms with Crippen molar-refractivity contribution >= 4 is 28.9 Å². The summed E-state index contributed by atoms with van der Waals surface area (Å²) in [6.45, 7) is 7.08. The predicted octanol–water partition coefficient (Wildman–Crippen LogP) is 5.89. The highest BCUT2D eigenvalue weighted by atomic mass is 32.1. The minimum absolute atomic E-state index is 0.0477. The fourth-order valence-electron chi connectivity index (χ4n) is 5.01. The molecule has 0 aliphatic carbocycles. The third kappa shape index (κ3) is 5.81. The molecule has 7 nitrogen and oxygen atoms in total. The van der Waals surface area contributed by atoms with Crippen LogP contribution in [0.25, 0.3) is 5.69 Å². The number of nitrogens with zero attached hydrogens (tertiary/aromatic N) is 3. The second-order valence-electron chi connectivity index (χ2n) is 9.67. The van der Waals surface area contributed by atoms with E-state index in [2.05, 4.69) is 31.2 Å². The number of carbonyl (C=O) groups is 1. The molecule has 4 aromatic rings. The molecule has 3 heterocycles. The number of ether oxygens (including phenoxy) is 1. The smallest absolute Gasteiger partial charge is 0.226 e. The molecule has 2 atom stereocenters. The van der Waals surface area contributed by atoms with Gasteiger partial charge in [-0.15, -0.1) is 0 Å². The van der Waals surface area contributed by atoms with Crippen molar-refractivity contribution in [3.63, 3.8) is 0 Å². The lowest BCUT2D eigenvalue weighted by molar-refractivity contribution is -0.116. The zero-order chi connectivity index (χ0) is 27.4. The Hall–Kier alpha value is -4.17. The van der Waals surface area contributed by atoms with Gasteiger partial charge in [-0.05, 0) is 98.7 Å². The van der Waals surface area contributed by atoms with Crippen LogP contribution in [0, 0.1) is 13.8 Å². The molecule has 1 saturated heterocycles. The summed E-state index contributed by atoms with van der Waals surface area (Å²) in [5.41, 5.74) is 5.95. The summed E-state index contributed by atoms with van der Waals surface area (Å²) in [7, 11) is 0. The van der Waals surface area contributed by atoms with Gasteiger partial charge in [-0.3, -0.25) is 9.78 Å². The Morgan fingerprint density at radius 2 is 1.90 bits per heavy atom. The highest BCUT2D eigenvalue weighted by Crippen LogP contribution is 2.39. The van der Waals surface area contributed by atoms with Crippen molar-refractivity contribution in [1.29, 1.82) is 0 Å². The molecular weight excluding hydrogens is 506 g/mol. The Morgan fingerprint density at radius 1 is 1.08 bits per heavy atom. The van der Waals surface area contributed by atoms with E-state index in [9.17, 15) is 4.79 Å². The topological polar surface area (TPSA) is 71.4 Å². The predicted molar refractivity (Wildman–Crippen MR) is 158 cm³/mol. The van der Waals surface area contributed by atoms with Crippen LogP contribution in [0.4, 0.5) is 5.69 Å². The van der Waals surface area contributed by atoms with Gasteiger partial charge in [0.15, 0.2) is 5.11 Å². The number of carbonyl (C=O) groups excluding carboxylic acids is 1. The first kappa shape index (κ1) is 26.4. The molecule has 200 valence electrons. The Labute approximate surface area is 234 Å². The summed E-state index contributed by atoms with van der Waals surface area (Å²) in [5.74, 6) is 0.787. The molecule has 2 aromatic carbocycles. The first-order valence-electron chi connectivity index (χ1n) is 13.2. The number of pyridine rings is 1. The first-order chi connectivity index (χ1) is 18.9. The van der Waals surface area contributed by atoms with E-state index in [1.54, 1.807) is 6.20 Å². The van der Waals surface area contributed by atoms with Crippen molar-refractivity contribution in [2.45, 2.75) is 39.3 Å². The van der Waals surface area contributed by atoms with Crippen LogP contribution in [0.3, 0.4) is 0 Å². The second kappa shape index (κ2) is 11.7. The molecule has 2 aromatic heterocycles. The monoisotopic (exact) mass is 539 g/mol. The molecule has 0 radical (unpaired) electrons. The number of anilines is 1. The van der Waals surface area contributed by atoms with Crippen LogP contribution in [0.1, 0.15) is 47.9 Å². The van der Waals surface area contributed by atoms with Crippen LogP contribution in [0.2, 0.25) is 0 Å². The van der Waals surface area contributed by atoms with E-state index in [1.807, 2.05) is 93.7 Å². The van der Waals surface area contributed by atoms with Gasteiger partial charge in [-0.2, -0.15) is 0 Å². The lowest BCUT2D eigenvalue weighted by Gasteiger charge is -2.29. The molecule has 39 heavy (non-hydrogen) atoms. The highest BCUT2D eigenvalue weighted by molar-refractivity contribution is 7.80. The summed E-state index contributed by atoms with van der Waals surface area (Å²) in [6.07, 6.45) is 4.14. The molecule has 0 spiro atoms. The van der Waals surface area contributed by atoms with Crippen molar-refractivity contribution in [2.75, 3.05) is 18.5 Å². The number of aryl methyl sites for hydroxylation is 2. The molecule has 1 aliphatic rings. The third-order valence-corrected chi connectivity index (χ3v) is 7.31. The van der Waals surface area contributed by atoms with E-state index >= 15 is 0 Å². The normalized spacial score (nSPS) is 16.7. The van der Waals surface area contributed by atoms with Crippen molar-refractivity contribution < 1.29 is 9.53 Å². The van der Waals surface area contributed by atoms with Gasteiger partial charge in [0.2, 0.25) is 5.91 Å². The van der Waals surface area contributed by atoms with E-state index < -0.39 is 0 Å². The summed E-state index contributed by atoms with van der Waals surface area (Å²) in [6, 6.07) is 23.8. The molecular formula is C31H33N5O2S. The second-order valence-corrected chi connectivity index (χ2v) is 10.1. The summed E-state index contributed by atoms with van der Waals surface area (Å²) in [4.78, 5) is 19.8. The quantitative estimate of drug-likeness (QED) is 0.259. The maximum atomic E-state index is 13.0. The van der Waals surface area contributed by atoms with Crippen LogP contribution < -0.4 is 15.4 Å². The van der Waals surface area contributed by atoms with Gasteiger partial charge in [-0.25, -0.2) is 0 Å². The van der Waals surface area contributed by atoms with Crippen LogP contribution in [-0.2, 0) is 4.79 Å². The average molecular weight is 540 g/mol. The fourth-order valence-corrected chi connectivity index (χ4v) is 5.34. The number of hydrogen-bond donors (Lipinski definition) is 2. The van der Waals surface area contributed by atoms with E-state index in [1.165, 1.54) is 0 Å². The van der Waals surface area contributed by atoms with Crippen molar-refractivity contribution in [1.82, 2.24) is 19.8 Å². The molecule has 8 heteroatoms. The minimum Gasteiger partial charge on any atom is -0.494 e. The number of rotatable bonds is 9. The number of amides is 1. The molecule has 1 amide bonds. The lowest BCUT2D eigenvalue weighted by Crippen LogP contribution is -2.33. The maximum Gasteiger partial charge on any atom is 0.226 e. The Bertz CT molecular complexity index is 1450. The zero-order valence-corrected chi connectivity index (χ0v) is 23.2. The highest BCUT2D eigenvalue weighted by Gasteiger charge is 2.41. The molecule has 0 unspecified atom stereocenters. The zero-order valence-electron chi connectivity index (χ0n) is 22.4. The van der Waals surface area contributed by atoms with Gasteiger partial charge in [0, 0.05) is 42.4 Å². The lowest BCUT2D eigenvalue weighted by atomic mass is 10.0. The number of thiocarbonyl (C=S) groups is 1. The summed E-state index contributed by atoms with van der Waals surface area (Å²) in [5, 5.41) is 7.17. The van der Waals surface area contributed by atoms with Gasteiger partial charge in [0.1, 0.15) is 5.75 Å². The first-order valence-corrected chi connectivity index (χ1v) is 13.6. The van der Waals surface area contributed by atoms with E-state index in [-0.39, 0.29) is 18.0 Å². The molecule has 1 aliphatic heterocycles. The number of nitrogens with one attached hydrogen (secondary N) is 2. The molecule has 2 N–H and O–H groups in total. The van der Waals surface area contributed by atoms with E-state index in [4.69, 9.17) is 17.0 Å². The molecule has 0 saturated carbocycles. The Kier molecular flexibility index (Phi) is 7.93. The number of aromatic nitrogens is 2. The Morgan fingerprint density at radius 3 is 2.64 bits per heavy atom. The van der Waals surface area contributed by atoms with Crippen LogP contribution in [-0.4, -0.2) is 38.6 Å². The summed E-state index contributed by atoms with van der Waals surface area (Å²) < 4.78 is 7.80. The van der Waals surface area contributed by atoms with Crippen LogP contribution >= 0.6 is 12.2 Å².